The predicted molar refractivity (Wildman–Crippen MR) is 89.7 cm³/mol. The number of aliphatic carboxylic acids is 1. The summed E-state index contributed by atoms with van der Waals surface area (Å²) >= 11 is 0. The Bertz CT molecular complexity index is 818. The van der Waals surface area contributed by atoms with Crippen LogP contribution in [0.2, 0.25) is 0 Å². The zero-order valence-electron chi connectivity index (χ0n) is 13.1. The summed E-state index contributed by atoms with van der Waals surface area (Å²) in [5.41, 5.74) is 2.89. The average molecular weight is 306 g/mol. The molecule has 0 atom stereocenters. The van der Waals surface area contributed by atoms with Crippen molar-refractivity contribution in [2.45, 2.75) is 19.3 Å². The summed E-state index contributed by atoms with van der Waals surface area (Å²) in [6.07, 6.45) is 3.77. The second kappa shape index (κ2) is 5.72. The van der Waals surface area contributed by atoms with Gasteiger partial charge in [0.1, 0.15) is 0 Å². The third-order valence-corrected chi connectivity index (χ3v) is 4.08. The summed E-state index contributed by atoms with van der Waals surface area (Å²) in [4.78, 5) is 11.3. The predicted octanol–water partition coefficient (Wildman–Crippen LogP) is 3.90. The van der Waals surface area contributed by atoms with E-state index in [1.807, 2.05) is 71.7 Å². The number of benzene rings is 2. The normalized spacial score (nSPS) is 11.4. The summed E-state index contributed by atoms with van der Waals surface area (Å²) < 4.78 is 1.82. The molecule has 0 radical (unpaired) electrons. The van der Waals surface area contributed by atoms with Crippen LogP contribution in [0.1, 0.15) is 19.4 Å². The number of carbonyl (C=O) groups is 1. The van der Waals surface area contributed by atoms with Crippen molar-refractivity contribution in [1.82, 2.24) is 9.78 Å². The minimum absolute atomic E-state index is 0.782. The Kier molecular flexibility index (Phi) is 3.74. The largest absolute Gasteiger partial charge is 0.481 e. The Labute approximate surface area is 135 Å². The van der Waals surface area contributed by atoms with Gasteiger partial charge in [-0.25, -0.2) is 4.68 Å². The monoisotopic (exact) mass is 306 g/mol. The molecule has 0 saturated heterocycles. The lowest BCUT2D eigenvalue weighted by molar-refractivity contribution is -0.142. The van der Waals surface area contributed by atoms with E-state index in [1.54, 1.807) is 13.8 Å². The molecule has 0 unspecified atom stereocenters. The second-order valence-electron chi connectivity index (χ2n) is 6.02. The number of aromatic nitrogens is 2. The topological polar surface area (TPSA) is 55.1 Å². The van der Waals surface area contributed by atoms with Crippen molar-refractivity contribution >= 4 is 5.97 Å². The maximum Gasteiger partial charge on any atom is 0.313 e. The fourth-order valence-electron chi connectivity index (χ4n) is 2.40. The molecule has 116 valence electrons. The molecule has 4 nitrogen and oxygen atoms in total. The highest BCUT2D eigenvalue weighted by atomic mass is 16.4. The molecule has 0 aliphatic carbocycles. The Morgan fingerprint density at radius 3 is 2.26 bits per heavy atom. The van der Waals surface area contributed by atoms with E-state index in [4.69, 9.17) is 0 Å². The number of hydrogen-bond donors (Lipinski definition) is 1. The summed E-state index contributed by atoms with van der Waals surface area (Å²) in [5.74, 6) is -0.831. The van der Waals surface area contributed by atoms with Crippen LogP contribution in [0.25, 0.3) is 16.8 Å². The van der Waals surface area contributed by atoms with E-state index in [0.29, 0.717) is 0 Å². The molecule has 0 spiro atoms. The maximum atomic E-state index is 11.3. The number of para-hydroxylation sites is 1. The number of nitrogens with zero attached hydrogens (tertiary/aromatic N) is 2. The highest BCUT2D eigenvalue weighted by Crippen LogP contribution is 2.27. The highest BCUT2D eigenvalue weighted by Gasteiger charge is 2.29. The van der Waals surface area contributed by atoms with E-state index in [2.05, 4.69) is 5.10 Å². The van der Waals surface area contributed by atoms with E-state index in [0.717, 1.165) is 22.4 Å². The fourth-order valence-corrected chi connectivity index (χ4v) is 2.40. The minimum Gasteiger partial charge on any atom is -0.481 e. The molecule has 1 N–H and O–H groups in total. The summed E-state index contributed by atoms with van der Waals surface area (Å²) in [6, 6.07) is 17.5. The van der Waals surface area contributed by atoms with Gasteiger partial charge < -0.3 is 5.11 Å². The van der Waals surface area contributed by atoms with Gasteiger partial charge in [-0.05, 0) is 37.1 Å². The first-order valence-corrected chi connectivity index (χ1v) is 7.43. The number of rotatable bonds is 4. The maximum absolute atomic E-state index is 11.3. The quantitative estimate of drug-likeness (QED) is 0.795. The molecular formula is C19H18N2O2. The fraction of sp³-hybridized carbons (Fsp3) is 0.158. The van der Waals surface area contributed by atoms with Crippen LogP contribution in [0.3, 0.4) is 0 Å². The molecule has 0 saturated carbocycles. The molecule has 1 aromatic heterocycles. The van der Waals surface area contributed by atoms with Gasteiger partial charge in [-0.15, -0.1) is 0 Å². The van der Waals surface area contributed by atoms with Gasteiger partial charge in [0.25, 0.3) is 0 Å². The first-order valence-electron chi connectivity index (χ1n) is 7.43. The van der Waals surface area contributed by atoms with Gasteiger partial charge in [0, 0.05) is 11.8 Å². The first-order chi connectivity index (χ1) is 11.0. The van der Waals surface area contributed by atoms with Gasteiger partial charge in [0.2, 0.25) is 0 Å². The molecule has 0 amide bonds. The summed E-state index contributed by atoms with van der Waals surface area (Å²) in [7, 11) is 0. The highest BCUT2D eigenvalue weighted by molar-refractivity contribution is 5.80. The lowest BCUT2D eigenvalue weighted by Crippen LogP contribution is -2.28. The van der Waals surface area contributed by atoms with Gasteiger partial charge in [-0.2, -0.15) is 5.10 Å². The van der Waals surface area contributed by atoms with Crippen LogP contribution < -0.4 is 0 Å². The van der Waals surface area contributed by atoms with Crippen molar-refractivity contribution in [1.29, 1.82) is 0 Å². The van der Waals surface area contributed by atoms with Crippen molar-refractivity contribution < 1.29 is 9.90 Å². The van der Waals surface area contributed by atoms with Crippen molar-refractivity contribution in [2.24, 2.45) is 0 Å². The van der Waals surface area contributed by atoms with Crippen LogP contribution in [0.5, 0.6) is 0 Å². The first kappa shape index (κ1) is 15.0. The summed E-state index contributed by atoms with van der Waals surface area (Å²) in [5, 5.41) is 13.7. The third-order valence-electron chi connectivity index (χ3n) is 4.08. The van der Waals surface area contributed by atoms with Crippen molar-refractivity contribution in [3.63, 3.8) is 0 Å². The smallest absolute Gasteiger partial charge is 0.313 e. The molecule has 4 heteroatoms. The van der Waals surface area contributed by atoms with Gasteiger partial charge in [-0.1, -0.05) is 42.5 Å². The zero-order valence-corrected chi connectivity index (χ0v) is 13.1. The van der Waals surface area contributed by atoms with Crippen LogP contribution in [0.4, 0.5) is 0 Å². The van der Waals surface area contributed by atoms with Crippen LogP contribution in [0.15, 0.2) is 67.0 Å². The summed E-state index contributed by atoms with van der Waals surface area (Å²) in [6.45, 7) is 3.41. The van der Waals surface area contributed by atoms with E-state index < -0.39 is 11.4 Å². The van der Waals surface area contributed by atoms with Crippen molar-refractivity contribution in [3.05, 3.63) is 72.6 Å². The van der Waals surface area contributed by atoms with E-state index >= 15 is 0 Å². The Hall–Kier alpha value is -2.88. The SMILES string of the molecule is CC(C)(C(=O)O)c1ccc(-c2cnn(-c3ccccc3)c2)cc1. The lowest BCUT2D eigenvalue weighted by atomic mass is 9.84. The Morgan fingerprint density at radius 2 is 1.65 bits per heavy atom. The van der Waals surface area contributed by atoms with E-state index in [-0.39, 0.29) is 0 Å². The second-order valence-corrected chi connectivity index (χ2v) is 6.02. The number of carboxylic acids is 1. The molecule has 3 aromatic rings. The standard InChI is InChI=1S/C19H18N2O2/c1-19(2,18(22)23)16-10-8-14(9-11-16)15-12-20-21(13-15)17-6-4-3-5-7-17/h3-13H,1-2H3,(H,22,23). The van der Waals surface area contributed by atoms with Crippen LogP contribution >= 0.6 is 0 Å². The number of hydrogen-bond acceptors (Lipinski definition) is 2. The zero-order chi connectivity index (χ0) is 16.4. The molecule has 0 fully saturated rings. The number of carboxylic acid groups (broad SMARTS) is 1. The molecule has 3 rings (SSSR count). The lowest BCUT2D eigenvalue weighted by Gasteiger charge is -2.19. The average Bonchev–Trinajstić information content (AvgIpc) is 3.05. The molecule has 1 heterocycles. The van der Waals surface area contributed by atoms with Crippen LogP contribution in [-0.2, 0) is 10.2 Å². The van der Waals surface area contributed by atoms with Crippen molar-refractivity contribution in [2.75, 3.05) is 0 Å². The minimum atomic E-state index is -0.896. The van der Waals surface area contributed by atoms with Crippen molar-refractivity contribution in [3.8, 4) is 16.8 Å². The Morgan fingerprint density at radius 1 is 1.00 bits per heavy atom. The Balaban J connectivity index is 1.89. The molecule has 0 aliphatic rings. The van der Waals surface area contributed by atoms with E-state index in [1.165, 1.54) is 0 Å². The third kappa shape index (κ3) is 2.88. The van der Waals surface area contributed by atoms with Gasteiger partial charge in [0.05, 0.1) is 17.3 Å². The molecule has 2 aromatic carbocycles. The van der Waals surface area contributed by atoms with E-state index in [9.17, 15) is 9.90 Å². The van der Waals surface area contributed by atoms with Gasteiger partial charge >= 0.3 is 5.97 Å². The van der Waals surface area contributed by atoms with Crippen LogP contribution in [0, 0.1) is 0 Å². The van der Waals surface area contributed by atoms with Gasteiger partial charge in [0.15, 0.2) is 0 Å². The van der Waals surface area contributed by atoms with Crippen LogP contribution in [-0.4, -0.2) is 20.9 Å². The molecule has 0 aliphatic heterocycles. The van der Waals surface area contributed by atoms with Gasteiger partial charge in [-0.3, -0.25) is 4.79 Å². The molecular weight excluding hydrogens is 288 g/mol. The molecule has 23 heavy (non-hydrogen) atoms. The molecule has 0 bridgehead atoms.